The molecule has 1 aromatic heterocycles. The molecule has 4 nitrogen and oxygen atoms in total. The van der Waals surface area contributed by atoms with Crippen LogP contribution in [0.1, 0.15) is 48.4 Å². The predicted molar refractivity (Wildman–Crippen MR) is 60.5 cm³/mol. The molecule has 0 aromatic carbocycles. The lowest BCUT2D eigenvalue weighted by Crippen LogP contribution is -3.10. The van der Waals surface area contributed by atoms with Crippen LogP contribution in [0.2, 0.25) is 0 Å². The van der Waals surface area contributed by atoms with Crippen molar-refractivity contribution in [2.24, 2.45) is 0 Å². The third-order valence-electron chi connectivity index (χ3n) is 3.35. The number of likely N-dealkylation sites (tertiary alicyclic amines) is 1. The Labute approximate surface area is 101 Å². The van der Waals surface area contributed by atoms with Gasteiger partial charge in [-0.15, -0.1) is 0 Å². The van der Waals surface area contributed by atoms with Crippen molar-refractivity contribution in [3.05, 3.63) is 23.7 Å². The van der Waals surface area contributed by atoms with Gasteiger partial charge in [-0.3, -0.25) is 0 Å². The number of quaternary nitrogens is 1. The van der Waals surface area contributed by atoms with Gasteiger partial charge in [0.05, 0.1) is 13.1 Å². The molecule has 0 aliphatic carbocycles. The van der Waals surface area contributed by atoms with Gasteiger partial charge in [-0.1, -0.05) is 6.42 Å². The van der Waals surface area contributed by atoms with Crippen molar-refractivity contribution in [2.75, 3.05) is 13.1 Å². The van der Waals surface area contributed by atoms with Gasteiger partial charge in [-0.2, -0.15) is 0 Å². The first-order valence-electron chi connectivity index (χ1n) is 6.39. The molecule has 2 heterocycles. The average Bonchev–Trinajstić information content (AvgIpc) is 2.70. The van der Waals surface area contributed by atoms with E-state index in [1.165, 1.54) is 43.1 Å². The second-order valence-corrected chi connectivity index (χ2v) is 4.75. The molecule has 94 valence electrons. The van der Waals surface area contributed by atoms with Gasteiger partial charge in [0, 0.05) is 0 Å². The Kier molecular flexibility index (Phi) is 4.20. The second kappa shape index (κ2) is 5.87. The Hall–Kier alpha value is -1.29. The van der Waals surface area contributed by atoms with Crippen LogP contribution in [-0.4, -0.2) is 19.1 Å². The number of furan rings is 1. The van der Waals surface area contributed by atoms with Crippen molar-refractivity contribution in [3.63, 3.8) is 0 Å². The second-order valence-electron chi connectivity index (χ2n) is 4.75. The maximum atomic E-state index is 10.6. The third kappa shape index (κ3) is 3.60. The largest absolute Gasteiger partial charge is 0.542 e. The summed E-state index contributed by atoms with van der Waals surface area (Å²) in [6.07, 6.45) is 6.48. The molecule has 1 aromatic rings. The van der Waals surface area contributed by atoms with Gasteiger partial charge in [0.25, 0.3) is 0 Å². The fourth-order valence-electron chi connectivity index (χ4n) is 2.41. The van der Waals surface area contributed by atoms with Crippen molar-refractivity contribution in [3.8, 4) is 0 Å². The van der Waals surface area contributed by atoms with Crippen LogP contribution in [0.4, 0.5) is 0 Å². The highest BCUT2D eigenvalue weighted by molar-refractivity contribution is 5.82. The van der Waals surface area contributed by atoms with Crippen LogP contribution in [0.15, 0.2) is 16.5 Å². The smallest absolute Gasteiger partial charge is 0.159 e. The van der Waals surface area contributed by atoms with Crippen molar-refractivity contribution in [1.29, 1.82) is 0 Å². The van der Waals surface area contributed by atoms with Crippen molar-refractivity contribution in [1.82, 2.24) is 0 Å². The normalized spacial score (nSPS) is 18.6. The zero-order valence-corrected chi connectivity index (χ0v) is 10.0. The number of carboxylic acids is 1. The highest BCUT2D eigenvalue weighted by atomic mass is 16.4. The van der Waals surface area contributed by atoms with Crippen LogP contribution in [0.3, 0.4) is 0 Å². The van der Waals surface area contributed by atoms with E-state index in [1.54, 1.807) is 6.07 Å². The lowest BCUT2D eigenvalue weighted by Gasteiger charge is -2.20. The summed E-state index contributed by atoms with van der Waals surface area (Å²) in [7, 11) is 0. The molecule has 0 saturated carbocycles. The number of rotatable bonds is 3. The third-order valence-corrected chi connectivity index (χ3v) is 3.35. The number of carboxylic acid groups (broad SMARTS) is 1. The molecule has 1 N–H and O–H groups in total. The van der Waals surface area contributed by atoms with Crippen molar-refractivity contribution >= 4 is 5.97 Å². The average molecular weight is 237 g/mol. The summed E-state index contributed by atoms with van der Waals surface area (Å²) >= 11 is 0. The first kappa shape index (κ1) is 12.2. The van der Waals surface area contributed by atoms with Crippen LogP contribution in [-0.2, 0) is 6.54 Å². The van der Waals surface area contributed by atoms with Gasteiger partial charge < -0.3 is 19.2 Å². The molecule has 0 atom stereocenters. The fraction of sp³-hybridized carbons (Fsp3) is 0.615. The van der Waals surface area contributed by atoms with E-state index in [-0.39, 0.29) is 5.76 Å². The number of carbonyl (C=O) groups is 1. The topological polar surface area (TPSA) is 57.7 Å². The van der Waals surface area contributed by atoms with Gasteiger partial charge in [0.1, 0.15) is 18.3 Å². The molecule has 0 unspecified atom stereocenters. The standard InChI is InChI=1S/C13H19NO3/c15-13(16)12-7-6-11(17-12)10-14-8-4-2-1-3-5-9-14/h6-7H,1-5,8-10H2,(H,15,16). The van der Waals surface area contributed by atoms with Gasteiger partial charge >= 0.3 is 0 Å². The first-order valence-corrected chi connectivity index (χ1v) is 6.39. The summed E-state index contributed by atoms with van der Waals surface area (Å²) in [5, 5.41) is 10.6. The molecule has 2 rings (SSSR count). The predicted octanol–water partition coefficient (Wildman–Crippen LogP) is -0.00790. The van der Waals surface area contributed by atoms with Gasteiger partial charge in [-0.25, -0.2) is 0 Å². The SMILES string of the molecule is O=C([O-])c1ccc(C[NH+]2CCCCCCC2)o1. The Morgan fingerprint density at radius 1 is 1.18 bits per heavy atom. The molecule has 0 bridgehead atoms. The maximum absolute atomic E-state index is 10.6. The summed E-state index contributed by atoms with van der Waals surface area (Å²) in [6, 6.07) is 3.23. The van der Waals surface area contributed by atoms with Gasteiger partial charge in [0.2, 0.25) is 0 Å². The Balaban J connectivity index is 1.91. The van der Waals surface area contributed by atoms with E-state index < -0.39 is 5.97 Å². The molecule has 4 heteroatoms. The minimum Gasteiger partial charge on any atom is -0.542 e. The fourth-order valence-corrected chi connectivity index (χ4v) is 2.41. The molecule has 1 aliphatic rings. The Bertz CT molecular complexity index is 364. The number of aromatic carboxylic acids is 1. The van der Waals surface area contributed by atoms with E-state index in [0.717, 1.165) is 25.4 Å². The van der Waals surface area contributed by atoms with E-state index in [4.69, 9.17) is 4.42 Å². The van der Waals surface area contributed by atoms with E-state index in [0.29, 0.717) is 0 Å². The van der Waals surface area contributed by atoms with E-state index in [9.17, 15) is 9.90 Å². The minimum absolute atomic E-state index is 0.0635. The zero-order valence-electron chi connectivity index (χ0n) is 10.0. The number of carbonyl (C=O) groups excluding carboxylic acids is 1. The summed E-state index contributed by atoms with van der Waals surface area (Å²) in [5.74, 6) is -0.551. The quantitative estimate of drug-likeness (QED) is 0.804. The van der Waals surface area contributed by atoms with Crippen molar-refractivity contribution < 1.29 is 19.2 Å². The molecular weight excluding hydrogens is 218 g/mol. The molecule has 0 spiro atoms. The summed E-state index contributed by atoms with van der Waals surface area (Å²) in [4.78, 5) is 12.1. The van der Waals surface area contributed by atoms with Crippen LogP contribution in [0.5, 0.6) is 0 Å². The number of nitrogens with one attached hydrogen (secondary N) is 1. The molecule has 0 amide bonds. The van der Waals surface area contributed by atoms with Crippen LogP contribution < -0.4 is 10.0 Å². The number of hydrogen-bond acceptors (Lipinski definition) is 3. The molecule has 17 heavy (non-hydrogen) atoms. The Morgan fingerprint density at radius 2 is 1.82 bits per heavy atom. The van der Waals surface area contributed by atoms with E-state index in [2.05, 4.69) is 0 Å². The van der Waals surface area contributed by atoms with Crippen LogP contribution in [0, 0.1) is 0 Å². The zero-order chi connectivity index (χ0) is 12.1. The number of hydrogen-bond donors (Lipinski definition) is 1. The Morgan fingerprint density at radius 3 is 2.41 bits per heavy atom. The van der Waals surface area contributed by atoms with E-state index >= 15 is 0 Å². The molecular formula is C13H19NO3. The highest BCUT2D eigenvalue weighted by Crippen LogP contribution is 2.07. The van der Waals surface area contributed by atoms with Crippen molar-refractivity contribution in [2.45, 2.75) is 38.6 Å². The first-order chi connectivity index (χ1) is 8.25. The van der Waals surface area contributed by atoms with E-state index in [1.807, 2.05) is 0 Å². The molecule has 0 radical (unpaired) electrons. The lowest BCUT2D eigenvalue weighted by molar-refractivity contribution is -0.915. The summed E-state index contributed by atoms with van der Waals surface area (Å²) in [5.41, 5.74) is 0. The summed E-state index contributed by atoms with van der Waals surface area (Å²) in [6.45, 7) is 3.09. The lowest BCUT2D eigenvalue weighted by atomic mass is 10.1. The van der Waals surface area contributed by atoms with Crippen LogP contribution in [0.25, 0.3) is 0 Å². The molecule has 1 saturated heterocycles. The van der Waals surface area contributed by atoms with Gasteiger partial charge in [-0.05, 0) is 37.8 Å². The highest BCUT2D eigenvalue weighted by Gasteiger charge is 2.14. The minimum atomic E-state index is -1.24. The molecule has 1 aliphatic heterocycles. The summed E-state index contributed by atoms with van der Waals surface area (Å²) < 4.78 is 5.24. The monoisotopic (exact) mass is 237 g/mol. The van der Waals surface area contributed by atoms with Gasteiger partial charge in [0.15, 0.2) is 5.76 Å². The maximum Gasteiger partial charge on any atom is 0.159 e. The van der Waals surface area contributed by atoms with Crippen LogP contribution >= 0.6 is 0 Å². The molecule has 1 fully saturated rings.